The minimum atomic E-state index is 0.0380. The monoisotopic (exact) mass is 275 g/mol. The highest BCUT2D eigenvalue weighted by molar-refractivity contribution is 7.10. The summed E-state index contributed by atoms with van der Waals surface area (Å²) < 4.78 is 4.25. The molecule has 0 radical (unpaired) electrons. The first-order chi connectivity index (χ1) is 9.00. The van der Waals surface area contributed by atoms with Crippen LogP contribution in [0.1, 0.15) is 23.0 Å². The number of hydrogen-bond donors (Lipinski definition) is 1. The van der Waals surface area contributed by atoms with Crippen LogP contribution in [0.15, 0.2) is 24.3 Å². The number of hydrogen-bond acceptors (Lipinski definition) is 5. The molecule has 19 heavy (non-hydrogen) atoms. The molecule has 0 unspecified atom stereocenters. The average Bonchev–Trinajstić information content (AvgIpc) is 2.71. The van der Waals surface area contributed by atoms with E-state index in [1.165, 1.54) is 11.5 Å². The van der Waals surface area contributed by atoms with E-state index in [-0.39, 0.29) is 5.78 Å². The lowest BCUT2D eigenvalue weighted by molar-refractivity contribution is 0.101. The highest BCUT2D eigenvalue weighted by Gasteiger charge is 2.16. The quantitative estimate of drug-likeness (QED) is 0.868. The van der Waals surface area contributed by atoms with E-state index < -0.39 is 0 Å². The molecule has 0 aliphatic rings. The molecule has 0 aliphatic carbocycles. The van der Waals surface area contributed by atoms with Crippen molar-refractivity contribution in [1.82, 2.24) is 4.37 Å². The maximum Gasteiger partial charge on any atom is 0.164 e. The molecule has 0 atom stereocenters. The normalized spacial score (nSPS) is 10.3. The number of nitrogens with one attached hydrogen (secondary N) is 1. The smallest absolute Gasteiger partial charge is 0.164 e. The van der Waals surface area contributed by atoms with Crippen LogP contribution >= 0.6 is 11.5 Å². The van der Waals surface area contributed by atoms with Gasteiger partial charge in [0.25, 0.3) is 0 Å². The van der Waals surface area contributed by atoms with Gasteiger partial charge in [-0.25, -0.2) is 0 Å². The number of aromatic nitrogens is 1. The maximum absolute atomic E-state index is 11.7. The van der Waals surface area contributed by atoms with Crippen LogP contribution in [0.3, 0.4) is 0 Å². The number of aryl methyl sites for hydroxylation is 1. The molecule has 2 rings (SSSR count). The van der Waals surface area contributed by atoms with Gasteiger partial charge in [0.15, 0.2) is 5.78 Å². The van der Waals surface area contributed by atoms with E-state index in [4.69, 9.17) is 0 Å². The Morgan fingerprint density at radius 2 is 2.00 bits per heavy atom. The molecule has 5 heteroatoms. The summed E-state index contributed by atoms with van der Waals surface area (Å²) in [5, 5.41) is 4.12. The first-order valence-electron chi connectivity index (χ1n) is 6.01. The van der Waals surface area contributed by atoms with Crippen LogP contribution in [-0.4, -0.2) is 24.3 Å². The van der Waals surface area contributed by atoms with E-state index in [1.807, 2.05) is 50.2 Å². The number of Topliss-reactive ketones (excluding diaryl/α,β-unsaturated/α-hetero) is 1. The van der Waals surface area contributed by atoms with Crippen molar-refractivity contribution in [2.45, 2.75) is 13.8 Å². The molecule has 1 N–H and O–H groups in total. The third-order valence-electron chi connectivity index (χ3n) is 2.85. The van der Waals surface area contributed by atoms with Crippen LogP contribution in [0.5, 0.6) is 0 Å². The highest BCUT2D eigenvalue weighted by atomic mass is 32.1. The molecule has 100 valence electrons. The van der Waals surface area contributed by atoms with E-state index in [1.54, 1.807) is 6.92 Å². The van der Waals surface area contributed by atoms with Crippen LogP contribution in [0, 0.1) is 6.92 Å². The highest BCUT2D eigenvalue weighted by Crippen LogP contribution is 2.32. The van der Waals surface area contributed by atoms with Gasteiger partial charge in [-0.1, -0.05) is 12.1 Å². The second-order valence-electron chi connectivity index (χ2n) is 4.56. The fourth-order valence-corrected chi connectivity index (χ4v) is 2.82. The summed E-state index contributed by atoms with van der Waals surface area (Å²) in [5.74, 6) is 0.0380. The second-order valence-corrected chi connectivity index (χ2v) is 5.34. The minimum Gasteiger partial charge on any atom is -0.376 e. The summed E-state index contributed by atoms with van der Waals surface area (Å²) in [5.41, 5.74) is 3.50. The Hall–Kier alpha value is -1.88. The third-order valence-corrected chi connectivity index (χ3v) is 3.70. The summed E-state index contributed by atoms with van der Waals surface area (Å²) in [4.78, 5) is 13.7. The average molecular weight is 275 g/mol. The molecule has 4 nitrogen and oxygen atoms in total. The first-order valence-corrected chi connectivity index (χ1v) is 6.78. The second kappa shape index (κ2) is 5.40. The number of carbonyl (C=O) groups is 1. The van der Waals surface area contributed by atoms with Gasteiger partial charge in [-0.15, -0.1) is 0 Å². The zero-order valence-electron chi connectivity index (χ0n) is 11.5. The molecular formula is C14H17N3OS. The Morgan fingerprint density at radius 3 is 2.63 bits per heavy atom. The Morgan fingerprint density at radius 1 is 1.32 bits per heavy atom. The molecule has 0 fully saturated rings. The lowest BCUT2D eigenvalue weighted by Crippen LogP contribution is -2.11. The molecule has 1 aromatic carbocycles. The van der Waals surface area contributed by atoms with Gasteiger partial charge in [-0.2, -0.15) is 4.37 Å². The van der Waals surface area contributed by atoms with Crippen LogP contribution < -0.4 is 10.2 Å². The zero-order valence-corrected chi connectivity index (χ0v) is 12.3. The molecule has 1 heterocycles. The Bertz CT molecular complexity index is 604. The van der Waals surface area contributed by atoms with Crippen molar-refractivity contribution < 1.29 is 4.79 Å². The van der Waals surface area contributed by atoms with Gasteiger partial charge in [0.05, 0.1) is 22.6 Å². The van der Waals surface area contributed by atoms with Gasteiger partial charge in [0, 0.05) is 14.1 Å². The van der Waals surface area contributed by atoms with E-state index >= 15 is 0 Å². The minimum absolute atomic E-state index is 0.0380. The largest absolute Gasteiger partial charge is 0.376 e. The number of para-hydroxylation sites is 2. The fourth-order valence-electron chi connectivity index (χ4n) is 1.96. The van der Waals surface area contributed by atoms with Gasteiger partial charge in [-0.05, 0) is 37.5 Å². The third kappa shape index (κ3) is 2.76. The van der Waals surface area contributed by atoms with E-state index in [2.05, 4.69) is 9.69 Å². The number of carbonyl (C=O) groups excluding carboxylic acids is 1. The van der Waals surface area contributed by atoms with Crippen molar-refractivity contribution in [3.8, 4) is 0 Å². The summed E-state index contributed by atoms with van der Waals surface area (Å²) in [6, 6.07) is 7.99. The molecular weight excluding hydrogens is 258 g/mol. The molecule has 2 aromatic rings. The van der Waals surface area contributed by atoms with Gasteiger partial charge in [0.2, 0.25) is 0 Å². The van der Waals surface area contributed by atoms with Gasteiger partial charge in [0.1, 0.15) is 5.00 Å². The first kappa shape index (κ1) is 13.5. The van der Waals surface area contributed by atoms with Gasteiger partial charge in [-0.3, -0.25) is 4.79 Å². The van der Waals surface area contributed by atoms with Crippen LogP contribution in [-0.2, 0) is 0 Å². The summed E-state index contributed by atoms with van der Waals surface area (Å²) in [6.45, 7) is 3.43. The number of benzene rings is 1. The standard InChI is InChI=1S/C14H17N3OS/c1-9-13(10(2)18)14(19-16-9)15-11-7-5-6-8-12(11)17(3)4/h5-8,15H,1-4H3. The van der Waals surface area contributed by atoms with E-state index in [0.29, 0.717) is 5.56 Å². The van der Waals surface area contributed by atoms with E-state index in [9.17, 15) is 4.79 Å². The summed E-state index contributed by atoms with van der Waals surface area (Å²) in [6.07, 6.45) is 0. The SMILES string of the molecule is CC(=O)c1c(C)nsc1Nc1ccccc1N(C)C. The summed E-state index contributed by atoms with van der Waals surface area (Å²) in [7, 11) is 3.98. The molecule has 0 amide bonds. The number of nitrogens with zero attached hydrogens (tertiary/aromatic N) is 2. The van der Waals surface area contributed by atoms with Crippen LogP contribution in [0.2, 0.25) is 0 Å². The molecule has 0 bridgehead atoms. The molecule has 1 aromatic heterocycles. The number of anilines is 3. The van der Waals surface area contributed by atoms with Crippen LogP contribution in [0.25, 0.3) is 0 Å². The molecule has 0 aliphatic heterocycles. The zero-order chi connectivity index (χ0) is 14.0. The predicted molar refractivity (Wildman–Crippen MR) is 80.9 cm³/mol. The van der Waals surface area contributed by atoms with Gasteiger partial charge < -0.3 is 10.2 Å². The van der Waals surface area contributed by atoms with Crippen LogP contribution in [0.4, 0.5) is 16.4 Å². The fraction of sp³-hybridized carbons (Fsp3) is 0.286. The van der Waals surface area contributed by atoms with Crippen molar-refractivity contribution >= 4 is 33.7 Å². The Balaban J connectivity index is 2.40. The topological polar surface area (TPSA) is 45.2 Å². The van der Waals surface area contributed by atoms with Crippen molar-refractivity contribution in [1.29, 1.82) is 0 Å². The van der Waals surface area contributed by atoms with Crippen molar-refractivity contribution in [3.63, 3.8) is 0 Å². The number of ketones is 1. The molecule has 0 saturated carbocycles. The van der Waals surface area contributed by atoms with E-state index in [0.717, 1.165) is 22.1 Å². The summed E-state index contributed by atoms with van der Waals surface area (Å²) >= 11 is 1.32. The lowest BCUT2D eigenvalue weighted by Gasteiger charge is -2.18. The van der Waals surface area contributed by atoms with Crippen molar-refractivity contribution in [3.05, 3.63) is 35.5 Å². The van der Waals surface area contributed by atoms with Crippen molar-refractivity contribution in [2.75, 3.05) is 24.3 Å². The van der Waals surface area contributed by atoms with Gasteiger partial charge >= 0.3 is 0 Å². The predicted octanol–water partition coefficient (Wildman–Crippen LogP) is 3.46. The molecule has 0 saturated heterocycles. The molecule has 0 spiro atoms. The van der Waals surface area contributed by atoms with Crippen molar-refractivity contribution in [2.24, 2.45) is 0 Å². The Labute approximate surface area is 117 Å². The maximum atomic E-state index is 11.7. The Kier molecular flexibility index (Phi) is 3.85. The lowest BCUT2D eigenvalue weighted by atomic mass is 10.2. The number of rotatable bonds is 4.